The number of piperidine rings is 1. The molecule has 0 spiro atoms. The van der Waals surface area contributed by atoms with Crippen LogP contribution < -0.4 is 10.6 Å². The summed E-state index contributed by atoms with van der Waals surface area (Å²) in [5, 5.41) is 17.5. The fourth-order valence-electron chi connectivity index (χ4n) is 3.04. The number of nitrogens with one attached hydrogen (secondary N) is 2. The molecule has 9 nitrogen and oxygen atoms in total. The molecular weight excluding hydrogens is 501 g/mol. The lowest BCUT2D eigenvalue weighted by Gasteiger charge is -2.35. The van der Waals surface area contributed by atoms with Crippen LogP contribution in [0.15, 0.2) is 29.3 Å². The first-order chi connectivity index (χ1) is 13.7. The van der Waals surface area contributed by atoms with Crippen LogP contribution in [0.5, 0.6) is 0 Å². The van der Waals surface area contributed by atoms with Crippen molar-refractivity contribution in [2.24, 2.45) is 4.99 Å². The molecule has 1 aliphatic heterocycles. The van der Waals surface area contributed by atoms with Gasteiger partial charge in [-0.05, 0) is 46.1 Å². The average molecular weight is 533 g/mol. The number of halogens is 1. The van der Waals surface area contributed by atoms with E-state index in [0.29, 0.717) is 32.1 Å². The van der Waals surface area contributed by atoms with Gasteiger partial charge in [0.15, 0.2) is 5.96 Å². The van der Waals surface area contributed by atoms with E-state index in [0.717, 1.165) is 18.4 Å². The Labute approximate surface area is 194 Å². The van der Waals surface area contributed by atoms with Crippen LogP contribution in [0.25, 0.3) is 0 Å². The molecule has 1 saturated heterocycles. The van der Waals surface area contributed by atoms with Crippen molar-refractivity contribution in [3.63, 3.8) is 0 Å². The number of carbonyl (C=O) groups is 1. The van der Waals surface area contributed by atoms with Crippen molar-refractivity contribution in [1.82, 2.24) is 15.5 Å². The molecule has 10 heteroatoms. The van der Waals surface area contributed by atoms with Gasteiger partial charge in [-0.2, -0.15) is 0 Å². The molecule has 1 aromatic carbocycles. The maximum atomic E-state index is 12.3. The number of nitro groups is 1. The SMILES string of the molecule is CCNC(=NCc1cccc([N+](=O)[O-])c1)NC1CCCN(C(=O)OC(C)(C)C)C1.I. The van der Waals surface area contributed by atoms with Crippen LogP contribution >= 0.6 is 24.0 Å². The monoisotopic (exact) mass is 533 g/mol. The van der Waals surface area contributed by atoms with Crippen molar-refractivity contribution in [3.8, 4) is 0 Å². The topological polar surface area (TPSA) is 109 Å². The van der Waals surface area contributed by atoms with E-state index < -0.39 is 10.5 Å². The summed E-state index contributed by atoms with van der Waals surface area (Å²) < 4.78 is 5.47. The highest BCUT2D eigenvalue weighted by Crippen LogP contribution is 2.16. The molecular formula is C20H32IN5O4. The van der Waals surface area contributed by atoms with Crippen molar-refractivity contribution in [2.75, 3.05) is 19.6 Å². The van der Waals surface area contributed by atoms with E-state index in [9.17, 15) is 14.9 Å². The Morgan fingerprint density at radius 1 is 1.40 bits per heavy atom. The normalized spacial score (nSPS) is 17.0. The molecule has 1 aromatic rings. The zero-order valence-corrected chi connectivity index (χ0v) is 20.3. The zero-order valence-electron chi connectivity index (χ0n) is 18.0. The molecule has 2 rings (SSSR count). The number of likely N-dealkylation sites (tertiary alicyclic amines) is 1. The summed E-state index contributed by atoms with van der Waals surface area (Å²) in [5.41, 5.74) is 0.290. The summed E-state index contributed by atoms with van der Waals surface area (Å²) in [6.45, 7) is 9.75. The number of nitro benzene ring substituents is 1. The zero-order chi connectivity index (χ0) is 21.4. The molecule has 0 aliphatic carbocycles. The standard InChI is InChI=1S/C20H31N5O4.HI/c1-5-21-18(22-13-15-8-6-10-17(12-15)25(27)28)23-16-9-7-11-24(14-16)19(26)29-20(2,3)4;/h6,8,10,12,16H,5,7,9,11,13-14H2,1-4H3,(H2,21,22,23);1H. The van der Waals surface area contributed by atoms with Crippen molar-refractivity contribution >= 4 is 41.7 Å². The third kappa shape index (κ3) is 8.72. The van der Waals surface area contributed by atoms with Crippen molar-refractivity contribution in [3.05, 3.63) is 39.9 Å². The van der Waals surface area contributed by atoms with Crippen LogP contribution in [-0.4, -0.2) is 53.2 Å². The van der Waals surface area contributed by atoms with Gasteiger partial charge in [0.1, 0.15) is 5.60 Å². The second kappa shape index (κ2) is 11.9. The Morgan fingerprint density at radius 2 is 2.13 bits per heavy atom. The van der Waals surface area contributed by atoms with Gasteiger partial charge >= 0.3 is 6.09 Å². The Balaban J connectivity index is 0.00000450. The van der Waals surface area contributed by atoms with E-state index in [-0.39, 0.29) is 41.8 Å². The molecule has 30 heavy (non-hydrogen) atoms. The molecule has 1 heterocycles. The van der Waals surface area contributed by atoms with E-state index >= 15 is 0 Å². The Kier molecular flexibility index (Phi) is 10.3. The number of hydrogen-bond donors (Lipinski definition) is 2. The second-order valence-corrected chi connectivity index (χ2v) is 8.03. The largest absolute Gasteiger partial charge is 0.444 e. The summed E-state index contributed by atoms with van der Waals surface area (Å²) in [4.78, 5) is 29.1. The molecule has 1 amide bonds. The minimum absolute atomic E-state index is 0. The van der Waals surface area contributed by atoms with Crippen LogP contribution in [0.3, 0.4) is 0 Å². The highest BCUT2D eigenvalue weighted by molar-refractivity contribution is 14.0. The number of nitrogens with zero attached hydrogens (tertiary/aromatic N) is 3. The molecule has 1 fully saturated rings. The second-order valence-electron chi connectivity index (χ2n) is 8.03. The number of benzene rings is 1. The molecule has 1 unspecified atom stereocenters. The first kappa shape index (κ1) is 25.9. The van der Waals surface area contributed by atoms with Crippen LogP contribution in [0, 0.1) is 10.1 Å². The smallest absolute Gasteiger partial charge is 0.410 e. The highest BCUT2D eigenvalue weighted by Gasteiger charge is 2.28. The maximum absolute atomic E-state index is 12.3. The lowest BCUT2D eigenvalue weighted by atomic mass is 10.1. The molecule has 2 N–H and O–H groups in total. The lowest BCUT2D eigenvalue weighted by Crippen LogP contribution is -2.53. The van der Waals surface area contributed by atoms with Gasteiger partial charge in [-0.15, -0.1) is 24.0 Å². The van der Waals surface area contributed by atoms with Gasteiger partial charge in [-0.1, -0.05) is 12.1 Å². The number of aliphatic imine (C=N–C) groups is 1. The third-order valence-corrected chi connectivity index (χ3v) is 4.30. The van der Waals surface area contributed by atoms with E-state index in [1.54, 1.807) is 11.0 Å². The maximum Gasteiger partial charge on any atom is 0.410 e. The number of ether oxygens (including phenoxy) is 1. The van der Waals surface area contributed by atoms with Crippen LogP contribution in [-0.2, 0) is 11.3 Å². The first-order valence-corrected chi connectivity index (χ1v) is 9.94. The fourth-order valence-corrected chi connectivity index (χ4v) is 3.04. The predicted molar refractivity (Wildman–Crippen MR) is 127 cm³/mol. The molecule has 0 bridgehead atoms. The molecule has 1 aliphatic rings. The number of amides is 1. The summed E-state index contributed by atoms with van der Waals surface area (Å²) in [6, 6.07) is 6.51. The van der Waals surface area contributed by atoms with Gasteiger partial charge in [0.25, 0.3) is 5.69 Å². The summed E-state index contributed by atoms with van der Waals surface area (Å²) >= 11 is 0. The quantitative estimate of drug-likeness (QED) is 0.197. The van der Waals surface area contributed by atoms with E-state index in [2.05, 4.69) is 15.6 Å². The van der Waals surface area contributed by atoms with Gasteiger partial charge in [-0.25, -0.2) is 9.79 Å². The molecule has 0 radical (unpaired) electrons. The van der Waals surface area contributed by atoms with E-state index in [1.165, 1.54) is 12.1 Å². The number of non-ortho nitro benzene ring substituents is 1. The Hall–Kier alpha value is -2.11. The molecule has 0 saturated carbocycles. The van der Waals surface area contributed by atoms with Crippen molar-refractivity contribution < 1.29 is 14.5 Å². The average Bonchev–Trinajstić information content (AvgIpc) is 2.65. The van der Waals surface area contributed by atoms with Crippen LogP contribution in [0.1, 0.15) is 46.1 Å². The highest BCUT2D eigenvalue weighted by atomic mass is 127. The molecule has 1 atom stereocenters. The Morgan fingerprint density at radius 3 is 2.77 bits per heavy atom. The summed E-state index contributed by atoms with van der Waals surface area (Å²) in [6.07, 6.45) is 1.49. The number of hydrogen-bond acceptors (Lipinski definition) is 5. The summed E-state index contributed by atoms with van der Waals surface area (Å²) in [5.74, 6) is 0.620. The summed E-state index contributed by atoms with van der Waals surface area (Å²) in [7, 11) is 0. The fraction of sp³-hybridized carbons (Fsp3) is 0.600. The van der Waals surface area contributed by atoms with Gasteiger partial charge in [0.05, 0.1) is 11.5 Å². The van der Waals surface area contributed by atoms with Crippen LogP contribution in [0.4, 0.5) is 10.5 Å². The lowest BCUT2D eigenvalue weighted by molar-refractivity contribution is -0.384. The van der Waals surface area contributed by atoms with Crippen molar-refractivity contribution in [1.29, 1.82) is 0 Å². The van der Waals surface area contributed by atoms with Crippen LogP contribution in [0.2, 0.25) is 0 Å². The van der Waals surface area contributed by atoms with Crippen molar-refractivity contribution in [2.45, 2.75) is 58.7 Å². The van der Waals surface area contributed by atoms with Gasteiger partial charge in [-0.3, -0.25) is 10.1 Å². The van der Waals surface area contributed by atoms with E-state index in [4.69, 9.17) is 4.74 Å². The predicted octanol–water partition coefficient (Wildman–Crippen LogP) is 3.67. The number of rotatable bonds is 5. The molecule has 168 valence electrons. The first-order valence-electron chi connectivity index (χ1n) is 9.94. The minimum atomic E-state index is -0.522. The van der Waals surface area contributed by atoms with Gasteiger partial charge < -0.3 is 20.3 Å². The van der Waals surface area contributed by atoms with Gasteiger partial charge in [0, 0.05) is 37.8 Å². The Bertz CT molecular complexity index is 751. The van der Waals surface area contributed by atoms with E-state index in [1.807, 2.05) is 33.8 Å². The van der Waals surface area contributed by atoms with Gasteiger partial charge in [0.2, 0.25) is 0 Å². The third-order valence-electron chi connectivity index (χ3n) is 4.30. The molecule has 0 aromatic heterocycles. The number of carbonyl (C=O) groups excluding carboxylic acids is 1. The number of guanidine groups is 1. The minimum Gasteiger partial charge on any atom is -0.444 e.